The number of nitrogens with zero attached hydrogens (tertiary/aromatic N) is 5. The number of esters is 1. The number of aromatic nitrogens is 5. The van der Waals surface area contributed by atoms with Crippen LogP contribution in [0.3, 0.4) is 0 Å². The maximum atomic E-state index is 12.8. The zero-order chi connectivity index (χ0) is 25.3. The molecule has 1 fully saturated rings. The lowest BCUT2D eigenvalue weighted by Crippen LogP contribution is -2.55. The number of ether oxygens (including phenoxy) is 2. The van der Waals surface area contributed by atoms with Crippen LogP contribution in [0.25, 0.3) is 11.5 Å². The van der Waals surface area contributed by atoms with E-state index in [2.05, 4.69) is 20.4 Å². The Morgan fingerprint density at radius 3 is 2.74 bits per heavy atom. The molecule has 0 saturated carbocycles. The van der Waals surface area contributed by atoms with Crippen LogP contribution >= 0.6 is 34.5 Å². The van der Waals surface area contributed by atoms with Crippen LogP contribution in [0.2, 0.25) is 10.2 Å². The van der Waals surface area contributed by atoms with Crippen molar-refractivity contribution < 1.29 is 19.1 Å². The largest absolute Gasteiger partial charge is 0.462 e. The molecular weight excluding hydrogens is 517 g/mol. The highest BCUT2D eigenvalue weighted by Crippen LogP contribution is 2.34. The van der Waals surface area contributed by atoms with Gasteiger partial charge in [-0.2, -0.15) is 5.10 Å². The fourth-order valence-corrected chi connectivity index (χ4v) is 5.33. The second kappa shape index (κ2) is 10.5. The summed E-state index contributed by atoms with van der Waals surface area (Å²) in [5.74, 6) is -0.344. The number of amides is 1. The van der Waals surface area contributed by atoms with Crippen molar-refractivity contribution in [2.24, 2.45) is 7.05 Å². The van der Waals surface area contributed by atoms with Gasteiger partial charge in [0.1, 0.15) is 27.7 Å². The number of piperidine rings is 1. The fourth-order valence-electron chi connectivity index (χ4n) is 3.87. The first-order valence-corrected chi connectivity index (χ1v) is 12.5. The number of hydrogen-bond acceptors (Lipinski definition) is 9. The van der Waals surface area contributed by atoms with E-state index in [1.165, 1.54) is 17.7 Å². The Hall–Kier alpha value is -2.67. The zero-order valence-electron chi connectivity index (χ0n) is 19.6. The average molecular weight is 542 g/mol. The van der Waals surface area contributed by atoms with Crippen LogP contribution in [0, 0.1) is 6.92 Å². The predicted octanol–water partition coefficient (Wildman–Crippen LogP) is 3.08. The number of aryl methyl sites for hydroxylation is 1. The molecule has 4 heterocycles. The molecular formula is C21H25Cl2N7O4S. The number of rotatable bonds is 7. The number of H-pyrrole nitrogens is 1. The summed E-state index contributed by atoms with van der Waals surface area (Å²) in [5.41, 5.74) is 1.26. The molecule has 188 valence electrons. The summed E-state index contributed by atoms with van der Waals surface area (Å²) in [6.07, 6.45) is 1.66. The number of halogens is 2. The third-order valence-corrected chi connectivity index (χ3v) is 7.74. The summed E-state index contributed by atoms with van der Waals surface area (Å²) in [4.78, 5) is 39.6. The zero-order valence-corrected chi connectivity index (χ0v) is 21.9. The van der Waals surface area contributed by atoms with Crippen LogP contribution in [0.1, 0.15) is 39.1 Å². The van der Waals surface area contributed by atoms with Gasteiger partial charge in [-0.25, -0.2) is 19.4 Å². The van der Waals surface area contributed by atoms with E-state index in [9.17, 15) is 9.59 Å². The summed E-state index contributed by atoms with van der Waals surface area (Å²) in [7, 11) is 3.32. The topological polar surface area (TPSA) is 127 Å². The molecule has 0 aromatic carbocycles. The van der Waals surface area contributed by atoms with E-state index in [0.717, 1.165) is 0 Å². The van der Waals surface area contributed by atoms with Gasteiger partial charge in [0.2, 0.25) is 0 Å². The molecule has 1 aliphatic rings. The third kappa shape index (κ3) is 5.01. The number of carbonyl (C=O) groups excluding carboxylic acids is 2. The maximum Gasteiger partial charge on any atom is 0.350 e. The number of methoxy groups -OCH3 is 1. The van der Waals surface area contributed by atoms with Crippen molar-refractivity contribution in [1.29, 1.82) is 0 Å². The van der Waals surface area contributed by atoms with Crippen LogP contribution in [0.4, 0.5) is 5.13 Å². The molecule has 1 amide bonds. The van der Waals surface area contributed by atoms with E-state index in [1.807, 2.05) is 4.90 Å². The molecule has 0 bridgehead atoms. The first-order valence-electron chi connectivity index (χ1n) is 10.9. The Morgan fingerprint density at radius 2 is 2.14 bits per heavy atom. The second-order valence-electron chi connectivity index (χ2n) is 7.94. The molecule has 3 aromatic heterocycles. The summed E-state index contributed by atoms with van der Waals surface area (Å²) in [6.45, 7) is 4.77. The Kier molecular flexibility index (Phi) is 7.64. The Balaban J connectivity index is 1.54. The Bertz CT molecular complexity index is 1240. The molecule has 1 aliphatic heterocycles. The molecule has 2 N–H and O–H groups in total. The van der Waals surface area contributed by atoms with Gasteiger partial charge in [0, 0.05) is 32.8 Å². The maximum absolute atomic E-state index is 12.8. The first-order chi connectivity index (χ1) is 16.7. The molecule has 0 unspecified atom stereocenters. The fraction of sp³-hybridized carbons (Fsp3) is 0.476. The van der Waals surface area contributed by atoms with E-state index in [0.29, 0.717) is 56.8 Å². The molecule has 1 saturated heterocycles. The minimum Gasteiger partial charge on any atom is -0.462 e. The van der Waals surface area contributed by atoms with Crippen LogP contribution in [0.5, 0.6) is 0 Å². The van der Waals surface area contributed by atoms with Gasteiger partial charge in [-0.1, -0.05) is 34.5 Å². The van der Waals surface area contributed by atoms with Gasteiger partial charge >= 0.3 is 5.97 Å². The van der Waals surface area contributed by atoms with Crippen LogP contribution in [0.15, 0.2) is 6.33 Å². The highest BCUT2D eigenvalue weighted by Gasteiger charge is 2.34. The number of anilines is 1. The number of hydrogen-bond donors (Lipinski definition) is 2. The number of nitrogens with one attached hydrogen (secondary N) is 2. The van der Waals surface area contributed by atoms with Crippen LogP contribution < -0.4 is 10.2 Å². The lowest BCUT2D eigenvalue weighted by molar-refractivity contribution is 0.0531. The Labute approximate surface area is 215 Å². The molecule has 2 atom stereocenters. The van der Waals surface area contributed by atoms with Crippen molar-refractivity contribution in [3.63, 3.8) is 0 Å². The number of aromatic amines is 1. The van der Waals surface area contributed by atoms with Gasteiger partial charge in [-0.15, -0.1) is 0 Å². The molecule has 3 aromatic rings. The molecule has 14 heteroatoms. The highest BCUT2D eigenvalue weighted by molar-refractivity contribution is 7.17. The second-order valence-corrected chi connectivity index (χ2v) is 9.68. The minimum atomic E-state index is -0.462. The smallest absolute Gasteiger partial charge is 0.350 e. The van der Waals surface area contributed by atoms with Gasteiger partial charge in [0.25, 0.3) is 5.91 Å². The molecule has 11 nitrogen and oxygen atoms in total. The number of carbonyl (C=O) groups is 2. The third-order valence-electron chi connectivity index (χ3n) is 5.79. The van der Waals surface area contributed by atoms with Crippen LogP contribution in [-0.2, 0) is 16.5 Å². The monoisotopic (exact) mass is 541 g/mol. The van der Waals surface area contributed by atoms with Gasteiger partial charge in [-0.3, -0.25) is 4.79 Å². The van der Waals surface area contributed by atoms with Gasteiger partial charge in [0.05, 0.1) is 23.8 Å². The first kappa shape index (κ1) is 25.4. The van der Waals surface area contributed by atoms with E-state index < -0.39 is 5.97 Å². The van der Waals surface area contributed by atoms with E-state index >= 15 is 0 Å². The molecule has 0 radical (unpaired) electrons. The summed E-state index contributed by atoms with van der Waals surface area (Å²) < 4.78 is 12.5. The highest BCUT2D eigenvalue weighted by atomic mass is 35.5. The molecule has 0 spiro atoms. The summed E-state index contributed by atoms with van der Waals surface area (Å²) >= 11 is 13.5. The minimum absolute atomic E-state index is 0.221. The molecule has 0 aliphatic carbocycles. The average Bonchev–Trinajstić information content (AvgIpc) is 3.53. The lowest BCUT2D eigenvalue weighted by Gasteiger charge is -2.37. The van der Waals surface area contributed by atoms with E-state index in [-0.39, 0.29) is 30.4 Å². The van der Waals surface area contributed by atoms with Crippen molar-refractivity contribution in [3.05, 3.63) is 32.6 Å². The standard InChI is InChI=1S/C21H25Cl2N7O4S/c1-5-34-20(32)16-15(18-24-9-25-29(18)3)28-21(35-16)30-7-6-11(12(8-30)33-4)26-19(31)14-13(22)10(2)17(23)27-14/h9,11-12,27H,5-8H2,1-4H3,(H,26,31)/t11-,12+/m1/s1. The lowest BCUT2D eigenvalue weighted by atomic mass is 10.0. The van der Waals surface area contributed by atoms with Gasteiger partial charge < -0.3 is 24.7 Å². The summed E-state index contributed by atoms with van der Waals surface area (Å²) in [6, 6.07) is -0.259. The van der Waals surface area contributed by atoms with Crippen molar-refractivity contribution in [2.75, 3.05) is 31.7 Å². The van der Waals surface area contributed by atoms with Crippen molar-refractivity contribution in [3.8, 4) is 11.5 Å². The van der Waals surface area contributed by atoms with E-state index in [4.69, 9.17) is 37.7 Å². The quantitative estimate of drug-likeness (QED) is 0.436. The van der Waals surface area contributed by atoms with Crippen molar-refractivity contribution >= 4 is 51.5 Å². The van der Waals surface area contributed by atoms with Crippen molar-refractivity contribution in [1.82, 2.24) is 30.0 Å². The van der Waals surface area contributed by atoms with Gasteiger partial charge in [0.15, 0.2) is 11.0 Å². The predicted molar refractivity (Wildman–Crippen MR) is 132 cm³/mol. The molecule has 35 heavy (non-hydrogen) atoms. The van der Waals surface area contributed by atoms with E-state index in [1.54, 1.807) is 32.7 Å². The Morgan fingerprint density at radius 1 is 1.37 bits per heavy atom. The normalized spacial score (nSPS) is 18.1. The SMILES string of the molecule is CCOC(=O)c1sc(N2CC[C@@H](NC(=O)c3[nH]c(Cl)c(C)c3Cl)[C@@H](OC)C2)nc1-c1ncnn1C. The summed E-state index contributed by atoms with van der Waals surface area (Å²) in [5, 5.41) is 8.34. The molecule has 4 rings (SSSR count). The number of thiazole rings is 1. The van der Waals surface area contributed by atoms with Crippen LogP contribution in [-0.4, -0.2) is 75.6 Å². The van der Waals surface area contributed by atoms with Crippen molar-refractivity contribution in [2.45, 2.75) is 32.4 Å². The van der Waals surface area contributed by atoms with Gasteiger partial charge in [-0.05, 0) is 20.3 Å².